The lowest BCUT2D eigenvalue weighted by Crippen LogP contribution is -2.22. The van der Waals surface area contributed by atoms with Gasteiger partial charge in [-0.05, 0) is 24.8 Å². The maximum absolute atomic E-state index is 11.2. The van der Waals surface area contributed by atoms with Crippen LogP contribution in [0.1, 0.15) is 23.2 Å². The van der Waals surface area contributed by atoms with Crippen LogP contribution in [0.25, 0.3) is 0 Å². The van der Waals surface area contributed by atoms with Crippen LogP contribution in [-0.2, 0) is 4.74 Å². The molecule has 1 aliphatic heterocycles. The van der Waals surface area contributed by atoms with Crippen LogP contribution in [0.3, 0.4) is 0 Å². The molecule has 0 aliphatic carbocycles. The van der Waals surface area contributed by atoms with Crippen molar-refractivity contribution in [2.24, 2.45) is 5.92 Å². The molecule has 0 bridgehead atoms. The van der Waals surface area contributed by atoms with E-state index < -0.39 is 22.1 Å². The summed E-state index contributed by atoms with van der Waals surface area (Å²) in [4.78, 5) is 21.3. The van der Waals surface area contributed by atoms with Crippen molar-refractivity contribution >= 4 is 11.7 Å². The lowest BCUT2D eigenvalue weighted by Gasteiger charge is -2.22. The number of nitrogens with zero attached hydrogens (tertiary/aromatic N) is 1. The summed E-state index contributed by atoms with van der Waals surface area (Å²) in [6, 6.07) is 4.02. The molecule has 0 radical (unpaired) electrons. The first-order valence-corrected chi connectivity index (χ1v) is 6.31. The Morgan fingerprint density at radius 1 is 1.45 bits per heavy atom. The van der Waals surface area contributed by atoms with Gasteiger partial charge in [-0.3, -0.25) is 10.1 Å². The molecule has 0 spiro atoms. The normalized spacial score (nSPS) is 15.8. The number of rotatable bonds is 5. The average Bonchev–Trinajstić information content (AvgIpc) is 2.45. The van der Waals surface area contributed by atoms with Crippen molar-refractivity contribution in [1.82, 2.24) is 0 Å². The molecular weight excluding hydrogens is 266 g/mol. The molecule has 20 heavy (non-hydrogen) atoms. The fourth-order valence-corrected chi connectivity index (χ4v) is 2.13. The van der Waals surface area contributed by atoms with E-state index in [2.05, 4.69) is 0 Å². The van der Waals surface area contributed by atoms with E-state index in [1.165, 1.54) is 12.1 Å². The number of ether oxygens (including phenoxy) is 2. The first kappa shape index (κ1) is 14.3. The van der Waals surface area contributed by atoms with Gasteiger partial charge in [-0.2, -0.15) is 0 Å². The molecule has 1 N–H and O–H groups in total. The summed E-state index contributed by atoms with van der Waals surface area (Å²) in [5.41, 5.74) is -0.855. The van der Waals surface area contributed by atoms with Gasteiger partial charge in [0, 0.05) is 19.3 Å². The second kappa shape index (κ2) is 6.33. The number of nitro benzene ring substituents is 1. The summed E-state index contributed by atoms with van der Waals surface area (Å²) >= 11 is 0. The van der Waals surface area contributed by atoms with Crippen molar-refractivity contribution < 1.29 is 24.3 Å². The first-order valence-electron chi connectivity index (χ1n) is 6.31. The molecule has 1 aliphatic rings. The van der Waals surface area contributed by atoms with Crippen molar-refractivity contribution in [3.63, 3.8) is 0 Å². The Morgan fingerprint density at radius 3 is 2.75 bits per heavy atom. The molecule has 1 fully saturated rings. The Kier molecular flexibility index (Phi) is 4.52. The number of nitro groups is 1. The molecule has 108 valence electrons. The molecule has 0 unspecified atom stereocenters. The van der Waals surface area contributed by atoms with Gasteiger partial charge in [0.25, 0.3) is 5.69 Å². The van der Waals surface area contributed by atoms with E-state index >= 15 is 0 Å². The van der Waals surface area contributed by atoms with Crippen LogP contribution < -0.4 is 4.74 Å². The maximum atomic E-state index is 11.2. The molecule has 1 aromatic rings. The van der Waals surface area contributed by atoms with Gasteiger partial charge in [0.05, 0.1) is 11.5 Å². The molecule has 7 heteroatoms. The fraction of sp³-hybridized carbons (Fsp3) is 0.462. The van der Waals surface area contributed by atoms with Crippen molar-refractivity contribution in [3.05, 3.63) is 33.9 Å². The standard InChI is InChI=1S/C13H15NO6/c15-13(16)12-10(14(17)18)2-1-3-11(12)20-8-9-4-6-19-7-5-9/h1-3,9H,4-8H2,(H,15,16). The summed E-state index contributed by atoms with van der Waals surface area (Å²) in [7, 11) is 0. The first-order chi connectivity index (χ1) is 9.59. The van der Waals surface area contributed by atoms with Crippen molar-refractivity contribution in [3.8, 4) is 5.75 Å². The molecule has 1 aromatic carbocycles. The predicted octanol–water partition coefficient (Wildman–Crippen LogP) is 2.10. The maximum Gasteiger partial charge on any atom is 0.346 e. The zero-order chi connectivity index (χ0) is 14.5. The van der Waals surface area contributed by atoms with Gasteiger partial charge in [-0.1, -0.05) is 6.07 Å². The fourth-order valence-electron chi connectivity index (χ4n) is 2.13. The highest BCUT2D eigenvalue weighted by molar-refractivity contribution is 5.95. The lowest BCUT2D eigenvalue weighted by atomic mass is 10.0. The lowest BCUT2D eigenvalue weighted by molar-refractivity contribution is -0.385. The van der Waals surface area contributed by atoms with E-state index in [4.69, 9.17) is 14.6 Å². The summed E-state index contributed by atoms with van der Waals surface area (Å²) < 4.78 is 10.7. The van der Waals surface area contributed by atoms with Crippen molar-refractivity contribution in [2.75, 3.05) is 19.8 Å². The second-order valence-electron chi connectivity index (χ2n) is 4.58. The Balaban J connectivity index is 2.16. The second-order valence-corrected chi connectivity index (χ2v) is 4.58. The van der Waals surface area contributed by atoms with Crippen LogP contribution in [0.15, 0.2) is 18.2 Å². The molecule has 7 nitrogen and oxygen atoms in total. The molecule has 0 saturated carbocycles. The van der Waals surface area contributed by atoms with Gasteiger partial charge in [0.15, 0.2) is 5.56 Å². The molecule has 0 aromatic heterocycles. The number of hydrogen-bond donors (Lipinski definition) is 1. The molecular formula is C13H15NO6. The van der Waals surface area contributed by atoms with E-state index in [1.807, 2.05) is 0 Å². The van der Waals surface area contributed by atoms with Crippen LogP contribution in [0, 0.1) is 16.0 Å². The quantitative estimate of drug-likeness (QED) is 0.655. The van der Waals surface area contributed by atoms with Gasteiger partial charge >= 0.3 is 5.97 Å². The Hall–Kier alpha value is -2.15. The number of carbonyl (C=O) groups is 1. The minimum absolute atomic E-state index is 0.0400. The molecule has 0 atom stereocenters. The van der Waals surface area contributed by atoms with Crippen molar-refractivity contribution in [1.29, 1.82) is 0 Å². The predicted molar refractivity (Wildman–Crippen MR) is 69.1 cm³/mol. The monoisotopic (exact) mass is 281 g/mol. The zero-order valence-electron chi connectivity index (χ0n) is 10.8. The van der Waals surface area contributed by atoms with Gasteiger partial charge in [0.1, 0.15) is 5.75 Å². The SMILES string of the molecule is O=C(O)c1c(OCC2CCOCC2)cccc1[N+](=O)[O-]. The summed E-state index contributed by atoms with van der Waals surface area (Å²) in [5, 5.41) is 20.0. The Bertz CT molecular complexity index is 510. The van der Waals surface area contributed by atoms with Gasteiger partial charge in [0.2, 0.25) is 0 Å². The van der Waals surface area contributed by atoms with Crippen molar-refractivity contribution in [2.45, 2.75) is 12.8 Å². The number of carboxylic acid groups (broad SMARTS) is 1. The van der Waals surface area contributed by atoms with Crippen LogP contribution >= 0.6 is 0 Å². The van der Waals surface area contributed by atoms with E-state index in [9.17, 15) is 14.9 Å². The van der Waals surface area contributed by atoms with Gasteiger partial charge < -0.3 is 14.6 Å². The third-order valence-corrected chi connectivity index (χ3v) is 3.23. The highest BCUT2D eigenvalue weighted by atomic mass is 16.6. The van der Waals surface area contributed by atoms with Gasteiger partial charge in [-0.25, -0.2) is 4.79 Å². The van der Waals surface area contributed by atoms with E-state index in [1.54, 1.807) is 0 Å². The molecule has 1 saturated heterocycles. The highest BCUT2D eigenvalue weighted by Crippen LogP contribution is 2.29. The smallest absolute Gasteiger partial charge is 0.346 e. The van der Waals surface area contributed by atoms with E-state index in [0.29, 0.717) is 19.8 Å². The van der Waals surface area contributed by atoms with E-state index in [0.717, 1.165) is 18.9 Å². The summed E-state index contributed by atoms with van der Waals surface area (Å²) in [6.45, 7) is 1.66. The third kappa shape index (κ3) is 3.24. The average molecular weight is 281 g/mol. The number of carboxylic acids is 1. The largest absolute Gasteiger partial charge is 0.492 e. The number of benzene rings is 1. The Labute approximate surface area is 115 Å². The highest BCUT2D eigenvalue weighted by Gasteiger charge is 2.25. The van der Waals surface area contributed by atoms with Gasteiger partial charge in [-0.15, -0.1) is 0 Å². The minimum Gasteiger partial charge on any atom is -0.492 e. The number of aromatic carboxylic acids is 1. The number of hydrogen-bond acceptors (Lipinski definition) is 5. The molecule has 1 heterocycles. The molecule has 2 rings (SSSR count). The van der Waals surface area contributed by atoms with Crippen LogP contribution in [0.2, 0.25) is 0 Å². The van der Waals surface area contributed by atoms with Crippen LogP contribution in [-0.4, -0.2) is 35.8 Å². The summed E-state index contributed by atoms with van der Waals surface area (Å²) in [6.07, 6.45) is 1.69. The van der Waals surface area contributed by atoms with Crippen LogP contribution in [0.4, 0.5) is 5.69 Å². The minimum atomic E-state index is -1.36. The topological polar surface area (TPSA) is 98.9 Å². The summed E-state index contributed by atoms with van der Waals surface area (Å²) in [5.74, 6) is -1.04. The van der Waals surface area contributed by atoms with E-state index in [-0.39, 0.29) is 11.7 Å². The molecule has 0 amide bonds. The van der Waals surface area contributed by atoms with Crippen LogP contribution in [0.5, 0.6) is 5.75 Å². The third-order valence-electron chi connectivity index (χ3n) is 3.23. The zero-order valence-corrected chi connectivity index (χ0v) is 10.8. The Morgan fingerprint density at radius 2 is 2.15 bits per heavy atom.